The zero-order chi connectivity index (χ0) is 29.9. The van der Waals surface area contributed by atoms with E-state index < -0.39 is 36.5 Å². The molecule has 0 aliphatic carbocycles. The van der Waals surface area contributed by atoms with Crippen LogP contribution in [0, 0.1) is 0 Å². The predicted molar refractivity (Wildman–Crippen MR) is 159 cm³/mol. The molecule has 10 heteroatoms. The monoisotopic (exact) mass is 589 g/mol. The molecule has 0 radical (unpaired) electrons. The molecule has 2 aliphatic heterocycles. The van der Waals surface area contributed by atoms with Crippen molar-refractivity contribution in [3.05, 3.63) is 118 Å². The minimum absolute atomic E-state index is 0.0302. The molecule has 2 fully saturated rings. The van der Waals surface area contributed by atoms with Gasteiger partial charge in [-0.1, -0.05) is 96.1 Å². The molecule has 0 unspecified atom stereocenters. The number of benzene rings is 3. The van der Waals surface area contributed by atoms with Gasteiger partial charge in [0.25, 0.3) is 0 Å². The van der Waals surface area contributed by atoms with Crippen LogP contribution >= 0.6 is 0 Å². The quantitative estimate of drug-likeness (QED) is 0.130. The fourth-order valence-corrected chi connectivity index (χ4v) is 5.19. The highest BCUT2D eigenvalue weighted by atomic mass is 16.8. The summed E-state index contributed by atoms with van der Waals surface area (Å²) in [5, 5.41) is 3.84. The average molecular weight is 590 g/mol. The summed E-state index contributed by atoms with van der Waals surface area (Å²) in [4.78, 5) is 2.99. The molecule has 0 aromatic heterocycles. The third-order valence-electron chi connectivity index (χ3n) is 7.29. The lowest BCUT2D eigenvalue weighted by Gasteiger charge is -2.45. The van der Waals surface area contributed by atoms with Gasteiger partial charge >= 0.3 is 0 Å². The number of azide groups is 1. The van der Waals surface area contributed by atoms with Gasteiger partial charge in [0.2, 0.25) is 0 Å². The van der Waals surface area contributed by atoms with Crippen LogP contribution in [0.1, 0.15) is 30.5 Å². The van der Waals surface area contributed by atoms with E-state index in [4.69, 9.17) is 33.2 Å². The van der Waals surface area contributed by atoms with Gasteiger partial charge in [0, 0.05) is 4.91 Å². The van der Waals surface area contributed by atoms with Crippen molar-refractivity contribution in [2.45, 2.75) is 76.3 Å². The van der Waals surface area contributed by atoms with Gasteiger partial charge in [0.05, 0.1) is 45.7 Å². The lowest BCUT2D eigenvalue weighted by Crippen LogP contribution is -2.61. The summed E-state index contributed by atoms with van der Waals surface area (Å²) in [6.07, 6.45) is -3.71. The molecule has 2 heterocycles. The molecule has 0 saturated carbocycles. The summed E-state index contributed by atoms with van der Waals surface area (Å²) in [6, 6.07) is 29.7. The van der Waals surface area contributed by atoms with Gasteiger partial charge in [-0.3, -0.25) is 0 Å². The first-order chi connectivity index (χ1) is 21.0. The first kappa shape index (κ1) is 31.1. The molecule has 6 atom stereocenters. The number of hydrogen-bond donors (Lipinski definition) is 0. The topological polar surface area (TPSA) is 113 Å². The molecule has 3 aromatic rings. The third-order valence-corrected chi connectivity index (χ3v) is 7.29. The van der Waals surface area contributed by atoms with Gasteiger partial charge < -0.3 is 33.2 Å². The number of ether oxygens (including phenoxy) is 7. The van der Waals surface area contributed by atoms with Crippen LogP contribution in [0.2, 0.25) is 0 Å². The highest BCUT2D eigenvalue weighted by molar-refractivity contribution is 5.15. The zero-order valence-electron chi connectivity index (χ0n) is 24.6. The number of hydrogen-bond acceptors (Lipinski definition) is 8. The van der Waals surface area contributed by atoms with Gasteiger partial charge in [-0.15, -0.1) is 0 Å². The summed E-state index contributed by atoms with van der Waals surface area (Å²) < 4.78 is 44.2. The summed E-state index contributed by atoms with van der Waals surface area (Å²) in [6.45, 7) is 5.32. The van der Waals surface area contributed by atoms with Crippen molar-refractivity contribution in [3.63, 3.8) is 0 Å². The molecule has 0 bridgehead atoms. The summed E-state index contributed by atoms with van der Waals surface area (Å²) in [5.74, 6) is -0.688. The second kappa shape index (κ2) is 15.4. The van der Waals surface area contributed by atoms with E-state index in [1.54, 1.807) is 0 Å². The highest BCUT2D eigenvalue weighted by Gasteiger charge is 2.49. The van der Waals surface area contributed by atoms with E-state index in [-0.39, 0.29) is 19.3 Å². The van der Waals surface area contributed by atoms with Gasteiger partial charge in [0.15, 0.2) is 12.1 Å². The Morgan fingerprint density at radius 2 is 1.26 bits per heavy atom. The van der Waals surface area contributed by atoms with Crippen LogP contribution in [0.15, 0.2) is 96.1 Å². The minimum Gasteiger partial charge on any atom is -0.368 e. The molecule has 0 spiro atoms. The predicted octanol–water partition coefficient (Wildman–Crippen LogP) is 5.95. The van der Waals surface area contributed by atoms with Crippen molar-refractivity contribution in [1.29, 1.82) is 0 Å². The first-order valence-corrected chi connectivity index (χ1v) is 14.6. The first-order valence-electron chi connectivity index (χ1n) is 14.6. The fraction of sp³-hybridized carbons (Fsp3) is 0.455. The summed E-state index contributed by atoms with van der Waals surface area (Å²) >= 11 is 0. The van der Waals surface area contributed by atoms with Crippen LogP contribution < -0.4 is 0 Å². The van der Waals surface area contributed by atoms with Crippen LogP contribution in [0.4, 0.5) is 0 Å². The van der Waals surface area contributed by atoms with Crippen molar-refractivity contribution in [2.24, 2.45) is 5.11 Å². The molecule has 2 saturated heterocycles. The van der Waals surface area contributed by atoms with Crippen LogP contribution in [0.5, 0.6) is 0 Å². The van der Waals surface area contributed by atoms with E-state index in [2.05, 4.69) is 10.0 Å². The average Bonchev–Trinajstić information content (AvgIpc) is 3.39. The van der Waals surface area contributed by atoms with Crippen molar-refractivity contribution < 1.29 is 33.2 Å². The minimum atomic E-state index is -0.854. The maximum Gasteiger partial charge on any atom is 0.186 e. The molecule has 2 aliphatic rings. The Bertz CT molecular complexity index is 1290. The summed E-state index contributed by atoms with van der Waals surface area (Å²) in [5.41, 5.74) is 12.2. The van der Waals surface area contributed by atoms with Crippen LogP contribution in [-0.2, 0) is 53.0 Å². The van der Waals surface area contributed by atoms with Crippen LogP contribution in [0.3, 0.4) is 0 Å². The van der Waals surface area contributed by atoms with Gasteiger partial charge in [-0.05, 0) is 36.1 Å². The Morgan fingerprint density at radius 3 is 1.74 bits per heavy atom. The van der Waals surface area contributed by atoms with Crippen molar-refractivity contribution in [3.8, 4) is 0 Å². The Balaban J connectivity index is 1.42. The van der Waals surface area contributed by atoms with E-state index in [1.807, 2.05) is 105 Å². The molecule has 5 rings (SSSR count). The number of rotatable bonds is 14. The second-order valence-corrected chi connectivity index (χ2v) is 11.0. The van der Waals surface area contributed by atoms with E-state index in [9.17, 15) is 5.53 Å². The normalized spacial score (nSPS) is 26.6. The fourth-order valence-electron chi connectivity index (χ4n) is 5.19. The van der Waals surface area contributed by atoms with E-state index >= 15 is 0 Å². The Kier molecular flexibility index (Phi) is 11.2. The second-order valence-electron chi connectivity index (χ2n) is 11.0. The van der Waals surface area contributed by atoms with E-state index in [0.29, 0.717) is 26.4 Å². The molecule has 0 N–H and O–H groups in total. The van der Waals surface area contributed by atoms with E-state index in [1.165, 1.54) is 0 Å². The van der Waals surface area contributed by atoms with Gasteiger partial charge in [-0.25, -0.2) is 0 Å². The Labute approximate surface area is 252 Å². The lowest BCUT2D eigenvalue weighted by atomic mass is 9.97. The van der Waals surface area contributed by atoms with Crippen LogP contribution in [-0.4, -0.2) is 62.4 Å². The number of nitrogens with zero attached hydrogens (tertiary/aromatic N) is 3. The smallest absolute Gasteiger partial charge is 0.186 e. The molecule has 228 valence electrons. The van der Waals surface area contributed by atoms with Crippen molar-refractivity contribution >= 4 is 0 Å². The van der Waals surface area contributed by atoms with Gasteiger partial charge in [-0.2, -0.15) is 0 Å². The van der Waals surface area contributed by atoms with Crippen molar-refractivity contribution in [1.82, 2.24) is 0 Å². The van der Waals surface area contributed by atoms with Gasteiger partial charge in [0.1, 0.15) is 24.4 Å². The molecule has 3 aromatic carbocycles. The maximum absolute atomic E-state index is 9.18. The molecule has 43 heavy (non-hydrogen) atoms. The molecule has 0 amide bonds. The lowest BCUT2D eigenvalue weighted by molar-refractivity contribution is -0.324. The molecular formula is C33H39N3O7. The Hall–Kier alpha value is -3.31. The standard InChI is InChI=1S/C33H39N3O7/c1-33(2)41-23-27(43-33)22-40-32-31(39-21-26-16-10-5-11-17-26)30(38-20-25-14-8-4-9-15-25)29(28(42-32)18-35-36-34)37-19-24-12-6-3-7-13-24/h3-17,27-32H,18-23H2,1-2H3/t27-,28+,29+,30-,31+,32-/m0/s1. The third kappa shape index (κ3) is 9.09. The Morgan fingerprint density at radius 1 is 0.744 bits per heavy atom. The molecular weight excluding hydrogens is 550 g/mol. The van der Waals surface area contributed by atoms with Crippen molar-refractivity contribution in [2.75, 3.05) is 19.8 Å². The SMILES string of the molecule is CC1(C)OC[C@H](CO[C@H]2O[C@H](CN=[N+]=[N-])[C@@H](OCc3ccccc3)[C@H](OCc3ccccc3)[C@H]2OCc2ccccc2)O1. The van der Waals surface area contributed by atoms with Crippen LogP contribution in [0.25, 0.3) is 10.4 Å². The maximum atomic E-state index is 9.18. The largest absolute Gasteiger partial charge is 0.368 e. The van der Waals surface area contributed by atoms with E-state index in [0.717, 1.165) is 16.7 Å². The molecule has 10 nitrogen and oxygen atoms in total. The summed E-state index contributed by atoms with van der Waals surface area (Å²) in [7, 11) is 0. The zero-order valence-corrected chi connectivity index (χ0v) is 24.6. The highest BCUT2D eigenvalue weighted by Crippen LogP contribution is 2.32.